The van der Waals surface area contributed by atoms with Gasteiger partial charge in [0, 0.05) is 40.8 Å². The molecule has 155 valence electrons. The molecule has 1 radical (unpaired) electrons. The maximum atomic E-state index is 13.0. The minimum absolute atomic E-state index is 0. The Bertz CT molecular complexity index is 1340. The molecule has 11 heteroatoms. The number of aromatic nitrogens is 4. The van der Waals surface area contributed by atoms with Crippen LogP contribution in [0.1, 0.15) is 19.4 Å². The van der Waals surface area contributed by atoms with Gasteiger partial charge in [0.05, 0.1) is 21.9 Å². The summed E-state index contributed by atoms with van der Waals surface area (Å²) in [6.07, 6.45) is 1.60. The van der Waals surface area contributed by atoms with Crippen molar-refractivity contribution in [2.24, 2.45) is 0 Å². The normalized spacial score (nSPS) is 11.9. The summed E-state index contributed by atoms with van der Waals surface area (Å²) in [4.78, 5) is 4.20. The number of hydrogen-bond acceptors (Lipinski definition) is 6. The monoisotopic (exact) mass is 466 g/mol. The van der Waals surface area contributed by atoms with E-state index in [1.165, 1.54) is 16.8 Å². The molecule has 0 atom stereocenters. The SMILES string of the molecule is CC(C)(O)c1ccc(S(=O)(=O)Nc2ccc(Cl)cc2-n2nnc3ncccc32)cc1.[Na]. The van der Waals surface area contributed by atoms with Gasteiger partial charge in [-0.05, 0) is 61.9 Å². The van der Waals surface area contributed by atoms with Gasteiger partial charge in [0.1, 0.15) is 5.52 Å². The Balaban J connectivity index is 0.00000272. The number of hydrogen-bond donors (Lipinski definition) is 2. The van der Waals surface area contributed by atoms with Crippen molar-refractivity contribution >= 4 is 68.0 Å². The van der Waals surface area contributed by atoms with Crippen molar-refractivity contribution < 1.29 is 13.5 Å². The minimum Gasteiger partial charge on any atom is -0.386 e. The number of halogens is 1. The van der Waals surface area contributed by atoms with E-state index in [4.69, 9.17) is 11.6 Å². The molecule has 0 aliphatic heterocycles. The molecule has 0 aliphatic carbocycles. The van der Waals surface area contributed by atoms with Gasteiger partial charge in [0.15, 0.2) is 0 Å². The first-order chi connectivity index (χ1) is 14.1. The maximum Gasteiger partial charge on any atom is 0.261 e. The standard InChI is InChI=1S/C20H18ClN5O3S.Na/c1-20(2,27)13-5-8-15(9-6-13)30(28,29)24-16-10-7-14(21)12-18(16)26-17-4-3-11-22-19(17)23-25-26;/h3-12,24,27H,1-2H3;. The van der Waals surface area contributed by atoms with Crippen LogP contribution < -0.4 is 4.72 Å². The van der Waals surface area contributed by atoms with E-state index in [2.05, 4.69) is 20.0 Å². The Morgan fingerprint density at radius 3 is 2.48 bits per heavy atom. The number of anilines is 1. The first-order valence-electron chi connectivity index (χ1n) is 8.97. The summed E-state index contributed by atoms with van der Waals surface area (Å²) in [7, 11) is -3.91. The van der Waals surface area contributed by atoms with Crippen LogP contribution in [0.25, 0.3) is 16.9 Å². The average molecular weight is 467 g/mol. The predicted octanol–water partition coefficient (Wildman–Crippen LogP) is 3.12. The summed E-state index contributed by atoms with van der Waals surface area (Å²) in [6, 6.07) is 14.3. The molecule has 0 fully saturated rings. The third-order valence-corrected chi connectivity index (χ3v) is 6.14. The molecule has 4 aromatic rings. The molecule has 4 rings (SSSR count). The number of nitrogens with one attached hydrogen (secondary N) is 1. The number of fused-ring (bicyclic) bond motifs is 1. The van der Waals surface area contributed by atoms with Crippen LogP contribution in [0, 0.1) is 0 Å². The van der Waals surface area contributed by atoms with Crippen molar-refractivity contribution in [2.75, 3.05) is 4.72 Å². The van der Waals surface area contributed by atoms with Crippen molar-refractivity contribution in [3.63, 3.8) is 0 Å². The summed E-state index contributed by atoms with van der Waals surface area (Å²) in [6.45, 7) is 3.26. The van der Waals surface area contributed by atoms with E-state index >= 15 is 0 Å². The van der Waals surface area contributed by atoms with E-state index in [1.807, 2.05) is 0 Å². The molecule has 0 bridgehead atoms. The van der Waals surface area contributed by atoms with Crippen molar-refractivity contribution in [2.45, 2.75) is 24.3 Å². The number of pyridine rings is 1. The molecule has 2 aromatic heterocycles. The van der Waals surface area contributed by atoms with Crippen LogP contribution in [0.4, 0.5) is 5.69 Å². The van der Waals surface area contributed by atoms with E-state index in [0.717, 1.165) is 0 Å². The van der Waals surface area contributed by atoms with Crippen LogP contribution in [-0.2, 0) is 15.6 Å². The van der Waals surface area contributed by atoms with E-state index in [1.54, 1.807) is 62.5 Å². The van der Waals surface area contributed by atoms with Crippen molar-refractivity contribution in [1.29, 1.82) is 0 Å². The van der Waals surface area contributed by atoms with Gasteiger partial charge in [-0.1, -0.05) is 28.9 Å². The molecular weight excluding hydrogens is 449 g/mol. The summed E-state index contributed by atoms with van der Waals surface area (Å²) in [5, 5.41) is 18.6. The molecule has 0 unspecified atom stereocenters. The Hall–Kier alpha value is -2.01. The van der Waals surface area contributed by atoms with Gasteiger partial charge in [0.25, 0.3) is 10.0 Å². The van der Waals surface area contributed by atoms with E-state index in [-0.39, 0.29) is 40.1 Å². The maximum absolute atomic E-state index is 13.0. The Kier molecular flexibility index (Phi) is 6.75. The second kappa shape index (κ2) is 8.85. The Morgan fingerprint density at radius 2 is 1.81 bits per heavy atom. The number of benzene rings is 2. The van der Waals surface area contributed by atoms with Gasteiger partial charge in [-0.25, -0.2) is 18.1 Å². The third-order valence-electron chi connectivity index (χ3n) is 4.53. The zero-order valence-corrected chi connectivity index (χ0v) is 20.7. The first kappa shape index (κ1) is 23.6. The Labute approximate surface area is 206 Å². The smallest absolute Gasteiger partial charge is 0.261 e. The van der Waals surface area contributed by atoms with E-state index in [9.17, 15) is 13.5 Å². The van der Waals surface area contributed by atoms with Gasteiger partial charge >= 0.3 is 0 Å². The quantitative estimate of drug-likeness (QED) is 0.437. The molecule has 0 saturated heterocycles. The molecule has 2 aromatic carbocycles. The second-order valence-electron chi connectivity index (χ2n) is 7.20. The minimum atomic E-state index is -3.91. The van der Waals surface area contributed by atoms with E-state index < -0.39 is 15.6 Å². The average Bonchev–Trinajstić information content (AvgIpc) is 3.13. The summed E-state index contributed by atoms with van der Waals surface area (Å²) >= 11 is 6.16. The number of nitrogens with zero attached hydrogens (tertiary/aromatic N) is 4. The van der Waals surface area contributed by atoms with Gasteiger partial charge in [-0.3, -0.25) is 4.72 Å². The second-order valence-corrected chi connectivity index (χ2v) is 9.32. The molecule has 2 N–H and O–H groups in total. The van der Waals surface area contributed by atoms with Crippen LogP contribution >= 0.6 is 11.6 Å². The fourth-order valence-corrected chi connectivity index (χ4v) is 4.20. The van der Waals surface area contributed by atoms with Crippen LogP contribution in [0.5, 0.6) is 0 Å². The van der Waals surface area contributed by atoms with Gasteiger partial charge in [0.2, 0.25) is 5.65 Å². The predicted molar refractivity (Wildman–Crippen MR) is 120 cm³/mol. The molecule has 0 aliphatic rings. The van der Waals surface area contributed by atoms with Gasteiger partial charge in [-0.15, -0.1) is 5.10 Å². The number of aliphatic hydroxyl groups is 1. The topological polar surface area (TPSA) is 110 Å². The van der Waals surface area contributed by atoms with Crippen molar-refractivity contribution in [3.8, 4) is 5.69 Å². The zero-order valence-electron chi connectivity index (χ0n) is 17.1. The largest absolute Gasteiger partial charge is 0.386 e. The molecule has 0 spiro atoms. The molecule has 31 heavy (non-hydrogen) atoms. The van der Waals surface area contributed by atoms with Gasteiger partial charge < -0.3 is 5.11 Å². The van der Waals surface area contributed by atoms with E-state index in [0.29, 0.717) is 27.4 Å². The molecule has 2 heterocycles. The fourth-order valence-electron chi connectivity index (χ4n) is 2.96. The zero-order chi connectivity index (χ0) is 21.5. The van der Waals surface area contributed by atoms with Crippen molar-refractivity contribution in [3.05, 3.63) is 71.4 Å². The number of rotatable bonds is 5. The van der Waals surface area contributed by atoms with Crippen LogP contribution in [0.2, 0.25) is 5.02 Å². The van der Waals surface area contributed by atoms with Crippen molar-refractivity contribution in [1.82, 2.24) is 20.0 Å². The number of sulfonamides is 1. The molecule has 8 nitrogen and oxygen atoms in total. The van der Waals surface area contributed by atoms with Crippen LogP contribution in [-0.4, -0.2) is 63.1 Å². The summed E-state index contributed by atoms with van der Waals surface area (Å²) in [5.74, 6) is 0. The summed E-state index contributed by atoms with van der Waals surface area (Å²) in [5.41, 5.74) is 1.26. The van der Waals surface area contributed by atoms with Gasteiger partial charge in [-0.2, -0.15) is 0 Å². The molecule has 0 amide bonds. The fraction of sp³-hybridized carbons (Fsp3) is 0.150. The van der Waals surface area contributed by atoms with Crippen LogP contribution in [0.15, 0.2) is 65.7 Å². The molecule has 0 saturated carbocycles. The third kappa shape index (κ3) is 4.92. The first-order valence-corrected chi connectivity index (χ1v) is 10.8. The summed E-state index contributed by atoms with van der Waals surface area (Å²) < 4.78 is 30.0. The molecular formula is C20H18ClN5NaO3S. The Morgan fingerprint density at radius 1 is 1.10 bits per heavy atom. The van der Waals surface area contributed by atoms with Crippen LogP contribution in [0.3, 0.4) is 0 Å².